The second-order valence-electron chi connectivity index (χ2n) is 4.65. The van der Waals surface area contributed by atoms with Crippen molar-refractivity contribution in [3.05, 3.63) is 0 Å². The van der Waals surface area contributed by atoms with Gasteiger partial charge in [0, 0.05) is 18.8 Å². The molecule has 0 spiro atoms. The maximum atomic E-state index is 9.62. The number of nitrogens with zero attached hydrogens (tertiary/aromatic N) is 3. The maximum Gasteiger partial charge on any atom is 0.209 e. The largest absolute Gasteiger partial charge is 0.390 e. The van der Waals surface area contributed by atoms with Gasteiger partial charge in [-0.15, -0.1) is 10.2 Å². The van der Waals surface area contributed by atoms with E-state index in [0.29, 0.717) is 5.75 Å². The third-order valence-corrected chi connectivity index (χ3v) is 4.88. The van der Waals surface area contributed by atoms with Crippen LogP contribution in [0.4, 0.5) is 5.13 Å². The van der Waals surface area contributed by atoms with Crippen molar-refractivity contribution in [3.63, 3.8) is 0 Å². The van der Waals surface area contributed by atoms with Gasteiger partial charge in [-0.1, -0.05) is 23.1 Å². The molecule has 0 radical (unpaired) electrons. The van der Waals surface area contributed by atoms with Crippen LogP contribution in [0.2, 0.25) is 0 Å². The molecule has 6 heteroatoms. The summed E-state index contributed by atoms with van der Waals surface area (Å²) in [6.07, 6.45) is 2.51. The van der Waals surface area contributed by atoms with Crippen LogP contribution in [0.3, 0.4) is 0 Å². The van der Waals surface area contributed by atoms with E-state index in [4.69, 9.17) is 0 Å². The third-order valence-electron chi connectivity index (χ3n) is 2.32. The molecule has 2 heterocycles. The number of rotatable bonds is 4. The zero-order valence-corrected chi connectivity index (χ0v) is 11.3. The topological polar surface area (TPSA) is 49.3 Å². The van der Waals surface area contributed by atoms with Gasteiger partial charge in [-0.2, -0.15) is 0 Å². The van der Waals surface area contributed by atoms with Crippen LogP contribution in [0.25, 0.3) is 0 Å². The van der Waals surface area contributed by atoms with Crippen molar-refractivity contribution in [1.29, 1.82) is 0 Å². The first kappa shape index (κ1) is 12.1. The van der Waals surface area contributed by atoms with Crippen LogP contribution in [0.1, 0.15) is 26.7 Å². The molecule has 0 aliphatic carbocycles. The summed E-state index contributed by atoms with van der Waals surface area (Å²) in [5.41, 5.74) is -0.649. The zero-order valence-electron chi connectivity index (χ0n) is 9.64. The highest BCUT2D eigenvalue weighted by Crippen LogP contribution is 2.31. The Bertz CT molecular complexity index is 342. The van der Waals surface area contributed by atoms with Gasteiger partial charge in [-0.3, -0.25) is 0 Å². The summed E-state index contributed by atoms with van der Waals surface area (Å²) in [6, 6.07) is 0. The molecule has 0 bridgehead atoms. The van der Waals surface area contributed by atoms with E-state index in [1.165, 1.54) is 12.8 Å². The Hall–Kier alpha value is -0.330. The molecule has 1 aromatic heterocycles. The van der Waals surface area contributed by atoms with Crippen molar-refractivity contribution in [1.82, 2.24) is 10.2 Å². The van der Waals surface area contributed by atoms with Gasteiger partial charge < -0.3 is 10.0 Å². The van der Waals surface area contributed by atoms with Crippen LogP contribution in [0, 0.1) is 0 Å². The van der Waals surface area contributed by atoms with E-state index in [9.17, 15) is 5.11 Å². The van der Waals surface area contributed by atoms with Crippen LogP contribution in [-0.2, 0) is 0 Å². The lowest BCUT2D eigenvalue weighted by atomic mass is 10.2. The molecule has 1 saturated heterocycles. The average molecular weight is 259 g/mol. The van der Waals surface area contributed by atoms with Crippen LogP contribution >= 0.6 is 23.1 Å². The SMILES string of the molecule is CC(C)(O)CSc1nnc(N2CCCC2)s1. The smallest absolute Gasteiger partial charge is 0.209 e. The van der Waals surface area contributed by atoms with E-state index in [0.717, 1.165) is 22.6 Å². The van der Waals surface area contributed by atoms with Crippen LogP contribution in [-0.4, -0.2) is 39.7 Å². The lowest BCUT2D eigenvalue weighted by molar-refractivity contribution is 0.107. The fraction of sp³-hybridized carbons (Fsp3) is 0.800. The molecule has 1 N–H and O–H groups in total. The van der Waals surface area contributed by atoms with E-state index in [1.807, 2.05) is 13.8 Å². The summed E-state index contributed by atoms with van der Waals surface area (Å²) < 4.78 is 0.948. The highest BCUT2D eigenvalue weighted by atomic mass is 32.2. The molecule has 0 amide bonds. The van der Waals surface area contributed by atoms with E-state index >= 15 is 0 Å². The number of anilines is 1. The molecule has 1 aromatic rings. The number of hydrogen-bond donors (Lipinski definition) is 1. The molecule has 1 aliphatic rings. The Kier molecular flexibility index (Phi) is 3.71. The maximum absolute atomic E-state index is 9.62. The molecule has 0 atom stereocenters. The van der Waals surface area contributed by atoms with Crippen molar-refractivity contribution in [2.45, 2.75) is 36.6 Å². The second-order valence-corrected chi connectivity index (χ2v) is 6.82. The van der Waals surface area contributed by atoms with Crippen molar-refractivity contribution in [2.75, 3.05) is 23.7 Å². The Morgan fingerprint density at radius 3 is 2.69 bits per heavy atom. The van der Waals surface area contributed by atoms with Crippen LogP contribution in [0.15, 0.2) is 4.34 Å². The van der Waals surface area contributed by atoms with Gasteiger partial charge in [0.05, 0.1) is 5.60 Å². The first-order valence-electron chi connectivity index (χ1n) is 5.48. The normalized spacial score (nSPS) is 17.1. The summed E-state index contributed by atoms with van der Waals surface area (Å²) in [7, 11) is 0. The summed E-state index contributed by atoms with van der Waals surface area (Å²) in [6.45, 7) is 5.82. The number of aromatic nitrogens is 2. The number of hydrogen-bond acceptors (Lipinski definition) is 6. The van der Waals surface area contributed by atoms with E-state index in [2.05, 4.69) is 15.1 Å². The molecule has 0 saturated carbocycles. The van der Waals surface area contributed by atoms with Crippen molar-refractivity contribution in [3.8, 4) is 0 Å². The van der Waals surface area contributed by atoms with Gasteiger partial charge in [0.15, 0.2) is 4.34 Å². The Balaban J connectivity index is 1.91. The molecule has 0 aromatic carbocycles. The number of thioether (sulfide) groups is 1. The fourth-order valence-corrected chi connectivity index (χ4v) is 3.38. The highest BCUT2D eigenvalue weighted by Gasteiger charge is 2.18. The van der Waals surface area contributed by atoms with Gasteiger partial charge in [0.25, 0.3) is 0 Å². The van der Waals surface area contributed by atoms with Crippen LogP contribution in [0.5, 0.6) is 0 Å². The van der Waals surface area contributed by atoms with Crippen molar-refractivity contribution < 1.29 is 5.11 Å². The lowest BCUT2D eigenvalue weighted by Gasteiger charge is -2.14. The highest BCUT2D eigenvalue weighted by molar-refractivity contribution is 8.01. The fourth-order valence-electron chi connectivity index (χ4n) is 1.54. The molecular weight excluding hydrogens is 242 g/mol. The standard InChI is InChI=1S/C10H17N3OS2/c1-10(2,14)7-15-9-12-11-8(16-9)13-5-3-4-6-13/h14H,3-7H2,1-2H3. The summed E-state index contributed by atoms with van der Waals surface area (Å²) in [4.78, 5) is 2.28. The van der Waals surface area contributed by atoms with Gasteiger partial charge in [-0.05, 0) is 26.7 Å². The minimum absolute atomic E-state index is 0.649. The zero-order chi connectivity index (χ0) is 11.6. The van der Waals surface area contributed by atoms with Gasteiger partial charge in [0.2, 0.25) is 5.13 Å². The minimum Gasteiger partial charge on any atom is -0.390 e. The van der Waals surface area contributed by atoms with Crippen molar-refractivity contribution >= 4 is 28.2 Å². The molecule has 0 unspecified atom stereocenters. The molecule has 1 aliphatic heterocycles. The first-order chi connectivity index (χ1) is 7.54. The monoisotopic (exact) mass is 259 g/mol. The molecule has 2 rings (SSSR count). The lowest BCUT2D eigenvalue weighted by Crippen LogP contribution is -2.21. The summed E-state index contributed by atoms with van der Waals surface area (Å²) in [5.74, 6) is 0.654. The van der Waals surface area contributed by atoms with Crippen LogP contribution < -0.4 is 4.90 Å². The van der Waals surface area contributed by atoms with E-state index < -0.39 is 5.60 Å². The molecule has 4 nitrogen and oxygen atoms in total. The minimum atomic E-state index is -0.649. The number of aliphatic hydroxyl groups is 1. The Labute approximate surface area is 104 Å². The predicted octanol–water partition coefficient (Wildman–Crippen LogP) is 2.00. The van der Waals surface area contributed by atoms with Crippen molar-refractivity contribution in [2.24, 2.45) is 0 Å². The predicted molar refractivity (Wildman–Crippen MR) is 68.4 cm³/mol. The average Bonchev–Trinajstić information content (AvgIpc) is 2.84. The molecule has 16 heavy (non-hydrogen) atoms. The third kappa shape index (κ3) is 3.33. The van der Waals surface area contributed by atoms with E-state index in [1.54, 1.807) is 23.1 Å². The molecular formula is C10H17N3OS2. The van der Waals surface area contributed by atoms with Gasteiger partial charge >= 0.3 is 0 Å². The molecule has 1 fully saturated rings. The Morgan fingerprint density at radius 1 is 1.38 bits per heavy atom. The summed E-state index contributed by atoms with van der Waals surface area (Å²) >= 11 is 3.20. The van der Waals surface area contributed by atoms with Gasteiger partial charge in [-0.25, -0.2) is 0 Å². The Morgan fingerprint density at radius 2 is 2.06 bits per heavy atom. The summed E-state index contributed by atoms with van der Waals surface area (Å²) in [5, 5.41) is 19.0. The van der Waals surface area contributed by atoms with E-state index in [-0.39, 0.29) is 0 Å². The second kappa shape index (κ2) is 4.89. The molecule has 90 valence electrons. The van der Waals surface area contributed by atoms with Gasteiger partial charge in [0.1, 0.15) is 0 Å². The first-order valence-corrected chi connectivity index (χ1v) is 7.28. The quantitative estimate of drug-likeness (QED) is 0.838.